The number of aliphatic hydroxyl groups excluding tert-OH is 1. The highest BCUT2D eigenvalue weighted by Gasteiger charge is 2.56. The summed E-state index contributed by atoms with van der Waals surface area (Å²) in [4.78, 5) is 11.3. The molecule has 2 fully saturated rings. The number of rotatable bonds is 0. The molecule has 12 heavy (non-hydrogen) atoms. The molecule has 0 spiro atoms. The van der Waals surface area contributed by atoms with Crippen LogP contribution in [0, 0.1) is 11.8 Å². The van der Waals surface area contributed by atoms with Crippen molar-refractivity contribution in [1.29, 1.82) is 0 Å². The Morgan fingerprint density at radius 1 is 1.33 bits per heavy atom. The van der Waals surface area contributed by atoms with Crippen LogP contribution in [0.15, 0.2) is 11.8 Å². The van der Waals surface area contributed by atoms with Crippen LogP contribution in [0.3, 0.4) is 0 Å². The molecule has 1 aliphatic carbocycles. The van der Waals surface area contributed by atoms with Gasteiger partial charge in [0.25, 0.3) is 0 Å². The number of ether oxygens (including phenoxy) is 1. The summed E-state index contributed by atoms with van der Waals surface area (Å²) in [5, 5.41) is 9.45. The van der Waals surface area contributed by atoms with E-state index in [1.165, 1.54) is 6.08 Å². The van der Waals surface area contributed by atoms with Crippen molar-refractivity contribution < 1.29 is 14.6 Å². The van der Waals surface area contributed by atoms with Crippen molar-refractivity contribution >= 4 is 5.78 Å². The fourth-order valence-electron chi connectivity index (χ4n) is 2.75. The summed E-state index contributed by atoms with van der Waals surface area (Å²) in [6.07, 6.45) is 3.56. The zero-order valence-electron chi connectivity index (χ0n) is 6.56. The van der Waals surface area contributed by atoms with Crippen LogP contribution in [0.5, 0.6) is 0 Å². The van der Waals surface area contributed by atoms with E-state index in [9.17, 15) is 9.90 Å². The lowest BCUT2D eigenvalue weighted by Gasteiger charge is -2.19. The second-order valence-electron chi connectivity index (χ2n) is 3.81. The number of hydrogen-bond acceptors (Lipinski definition) is 3. The van der Waals surface area contributed by atoms with Crippen molar-refractivity contribution in [3.8, 4) is 0 Å². The van der Waals surface area contributed by atoms with E-state index in [4.69, 9.17) is 4.74 Å². The van der Waals surface area contributed by atoms with E-state index in [-0.39, 0.29) is 35.6 Å². The van der Waals surface area contributed by atoms with Crippen LogP contribution in [0.2, 0.25) is 0 Å². The van der Waals surface area contributed by atoms with Crippen LogP contribution in [0.1, 0.15) is 12.8 Å². The minimum atomic E-state index is -0.0521. The minimum absolute atomic E-state index is 0.00347. The van der Waals surface area contributed by atoms with E-state index in [1.54, 1.807) is 0 Å². The Balaban J connectivity index is 2.03. The molecule has 0 saturated carbocycles. The van der Waals surface area contributed by atoms with Gasteiger partial charge in [-0.05, 0) is 12.8 Å². The van der Waals surface area contributed by atoms with Crippen molar-refractivity contribution in [1.82, 2.24) is 0 Å². The van der Waals surface area contributed by atoms with Crippen LogP contribution < -0.4 is 0 Å². The third-order valence-corrected chi connectivity index (χ3v) is 3.23. The monoisotopic (exact) mass is 166 g/mol. The van der Waals surface area contributed by atoms with Gasteiger partial charge in [-0.3, -0.25) is 4.79 Å². The number of allylic oxidation sites excluding steroid dienone is 1. The van der Waals surface area contributed by atoms with Gasteiger partial charge in [-0.1, -0.05) is 0 Å². The molecule has 0 radical (unpaired) electrons. The van der Waals surface area contributed by atoms with Crippen LogP contribution in [0.25, 0.3) is 0 Å². The second kappa shape index (κ2) is 1.91. The Morgan fingerprint density at radius 3 is 2.67 bits per heavy atom. The number of fused-ring (bicyclic) bond motifs is 5. The molecule has 2 saturated heterocycles. The zero-order valence-corrected chi connectivity index (χ0v) is 6.56. The maximum atomic E-state index is 11.3. The SMILES string of the molecule is O=C1C=C(O)[C@@H]2[C@H]1[C@H]1CC[C@H]2O1. The highest BCUT2D eigenvalue weighted by atomic mass is 16.5. The summed E-state index contributed by atoms with van der Waals surface area (Å²) >= 11 is 0. The molecule has 2 bridgehead atoms. The molecule has 0 unspecified atom stereocenters. The predicted molar refractivity (Wildman–Crippen MR) is 40.6 cm³/mol. The molecule has 3 aliphatic rings. The van der Waals surface area contributed by atoms with Gasteiger partial charge in [-0.15, -0.1) is 0 Å². The lowest BCUT2D eigenvalue weighted by atomic mass is 9.80. The lowest BCUT2D eigenvalue weighted by Crippen LogP contribution is -2.28. The maximum Gasteiger partial charge on any atom is 0.165 e. The fraction of sp³-hybridized carbons (Fsp3) is 0.667. The van der Waals surface area contributed by atoms with Crippen molar-refractivity contribution in [3.63, 3.8) is 0 Å². The van der Waals surface area contributed by atoms with Gasteiger partial charge >= 0.3 is 0 Å². The van der Waals surface area contributed by atoms with Gasteiger partial charge in [-0.2, -0.15) is 0 Å². The van der Waals surface area contributed by atoms with Crippen LogP contribution in [0.4, 0.5) is 0 Å². The fourth-order valence-corrected chi connectivity index (χ4v) is 2.75. The van der Waals surface area contributed by atoms with E-state index in [0.717, 1.165) is 12.8 Å². The summed E-state index contributed by atoms with van der Waals surface area (Å²) < 4.78 is 5.56. The molecule has 3 heteroatoms. The smallest absolute Gasteiger partial charge is 0.165 e. The first-order valence-electron chi connectivity index (χ1n) is 4.37. The van der Waals surface area contributed by atoms with Crippen molar-refractivity contribution in [3.05, 3.63) is 11.8 Å². The van der Waals surface area contributed by atoms with E-state index in [1.807, 2.05) is 0 Å². The normalized spacial score (nSPS) is 49.7. The Morgan fingerprint density at radius 2 is 2.00 bits per heavy atom. The van der Waals surface area contributed by atoms with Gasteiger partial charge in [0.15, 0.2) is 5.78 Å². The average molecular weight is 166 g/mol. The first-order chi connectivity index (χ1) is 5.77. The topological polar surface area (TPSA) is 46.5 Å². The maximum absolute atomic E-state index is 11.3. The summed E-state index contributed by atoms with van der Waals surface area (Å²) in [5.74, 6) is 0.252. The van der Waals surface area contributed by atoms with E-state index in [0.29, 0.717) is 0 Å². The average Bonchev–Trinajstić information content (AvgIpc) is 2.64. The molecular weight excluding hydrogens is 156 g/mol. The highest BCUT2D eigenvalue weighted by Crippen LogP contribution is 2.49. The van der Waals surface area contributed by atoms with Gasteiger partial charge in [0.1, 0.15) is 5.76 Å². The van der Waals surface area contributed by atoms with Gasteiger partial charge in [0.2, 0.25) is 0 Å². The quantitative estimate of drug-likeness (QED) is 0.579. The van der Waals surface area contributed by atoms with Gasteiger partial charge in [0.05, 0.1) is 24.0 Å². The number of hydrogen-bond donors (Lipinski definition) is 1. The molecule has 0 aromatic carbocycles. The number of ketones is 1. The summed E-state index contributed by atoms with van der Waals surface area (Å²) in [6.45, 7) is 0. The molecule has 64 valence electrons. The predicted octanol–water partition coefficient (Wildman–Crippen LogP) is 0.805. The Hall–Kier alpha value is -0.830. The van der Waals surface area contributed by atoms with E-state index < -0.39 is 0 Å². The van der Waals surface area contributed by atoms with E-state index in [2.05, 4.69) is 0 Å². The molecule has 2 aliphatic heterocycles. The molecule has 0 amide bonds. The van der Waals surface area contributed by atoms with Gasteiger partial charge < -0.3 is 9.84 Å². The van der Waals surface area contributed by atoms with E-state index >= 15 is 0 Å². The Labute approximate surface area is 70.0 Å². The van der Waals surface area contributed by atoms with Crippen LogP contribution in [-0.2, 0) is 9.53 Å². The molecule has 0 aromatic rings. The molecular formula is C9H10O3. The number of carbonyl (C=O) groups is 1. The summed E-state index contributed by atoms with van der Waals surface area (Å²) in [6, 6.07) is 0. The minimum Gasteiger partial charge on any atom is -0.512 e. The molecule has 0 aromatic heterocycles. The molecule has 2 heterocycles. The van der Waals surface area contributed by atoms with Crippen LogP contribution in [-0.4, -0.2) is 23.1 Å². The number of aliphatic hydroxyl groups is 1. The first-order valence-corrected chi connectivity index (χ1v) is 4.37. The van der Waals surface area contributed by atoms with Gasteiger partial charge in [0, 0.05) is 6.08 Å². The second-order valence-corrected chi connectivity index (χ2v) is 3.81. The van der Waals surface area contributed by atoms with Crippen molar-refractivity contribution in [2.75, 3.05) is 0 Å². The third kappa shape index (κ3) is 0.591. The largest absolute Gasteiger partial charge is 0.512 e. The summed E-state index contributed by atoms with van der Waals surface area (Å²) in [5.41, 5.74) is 0. The highest BCUT2D eigenvalue weighted by molar-refractivity contribution is 5.96. The van der Waals surface area contributed by atoms with Crippen LogP contribution >= 0.6 is 0 Å². The lowest BCUT2D eigenvalue weighted by molar-refractivity contribution is -0.119. The number of carbonyl (C=O) groups excluding carboxylic acids is 1. The van der Waals surface area contributed by atoms with Gasteiger partial charge in [-0.25, -0.2) is 0 Å². The standard InChI is InChI=1S/C9H10O3/c10-4-3-5(11)9-7-2-1-6(12-7)8(4)9/h3,6-10H,1-2H2/t6-,7-,8+,9-/m1/s1. The van der Waals surface area contributed by atoms with Crippen molar-refractivity contribution in [2.24, 2.45) is 11.8 Å². The van der Waals surface area contributed by atoms with Crippen molar-refractivity contribution in [2.45, 2.75) is 25.0 Å². The zero-order chi connectivity index (χ0) is 8.29. The Kier molecular flexibility index (Phi) is 1.06. The molecule has 1 N–H and O–H groups in total. The molecule has 3 nitrogen and oxygen atoms in total. The molecule has 4 atom stereocenters. The first kappa shape index (κ1) is 6.66. The summed E-state index contributed by atoms with van der Waals surface area (Å²) in [7, 11) is 0. The molecule has 3 rings (SSSR count). The third-order valence-electron chi connectivity index (χ3n) is 3.23. The Bertz CT molecular complexity index is 281.